The normalized spacial score (nSPS) is 24.3. The fourth-order valence-corrected chi connectivity index (χ4v) is 2.89. The van der Waals surface area contributed by atoms with Crippen molar-refractivity contribution in [2.24, 2.45) is 11.8 Å². The van der Waals surface area contributed by atoms with Gasteiger partial charge in [0.1, 0.15) is 0 Å². The Labute approximate surface area is 111 Å². The number of aromatic nitrogens is 2. The highest BCUT2D eigenvalue weighted by Gasteiger charge is 2.18. The molecule has 0 aromatic carbocycles. The molecule has 1 aromatic heterocycles. The summed E-state index contributed by atoms with van der Waals surface area (Å²) >= 11 is 0. The van der Waals surface area contributed by atoms with E-state index < -0.39 is 0 Å². The first-order valence-electron chi connectivity index (χ1n) is 7.49. The second-order valence-corrected chi connectivity index (χ2v) is 5.77. The van der Waals surface area contributed by atoms with Crippen LogP contribution in [0.5, 0.6) is 0 Å². The summed E-state index contributed by atoms with van der Waals surface area (Å²) in [5.74, 6) is 1.90. The molecule has 1 saturated carbocycles. The molecule has 102 valence electrons. The molecule has 18 heavy (non-hydrogen) atoms. The van der Waals surface area contributed by atoms with Crippen LogP contribution in [0.15, 0.2) is 12.5 Å². The zero-order valence-corrected chi connectivity index (χ0v) is 11.9. The minimum atomic E-state index is 0.940. The van der Waals surface area contributed by atoms with E-state index in [0.717, 1.165) is 31.5 Å². The third-order valence-electron chi connectivity index (χ3n) is 4.27. The van der Waals surface area contributed by atoms with Gasteiger partial charge in [0.15, 0.2) is 0 Å². The molecule has 0 aliphatic heterocycles. The van der Waals surface area contributed by atoms with Gasteiger partial charge in [-0.1, -0.05) is 39.5 Å². The van der Waals surface area contributed by atoms with Crippen LogP contribution in [-0.4, -0.2) is 16.1 Å². The van der Waals surface area contributed by atoms with Crippen LogP contribution in [0.1, 0.15) is 51.6 Å². The van der Waals surface area contributed by atoms with E-state index >= 15 is 0 Å². The Kier molecular flexibility index (Phi) is 5.24. The number of nitrogens with zero attached hydrogens (tertiary/aromatic N) is 2. The van der Waals surface area contributed by atoms with Crippen LogP contribution in [0.3, 0.4) is 0 Å². The average molecular weight is 249 g/mol. The van der Waals surface area contributed by atoms with Crippen molar-refractivity contribution in [1.82, 2.24) is 14.9 Å². The molecule has 3 nitrogen and oxygen atoms in total. The first-order valence-corrected chi connectivity index (χ1v) is 7.49. The van der Waals surface area contributed by atoms with Gasteiger partial charge >= 0.3 is 0 Å². The lowest BCUT2D eigenvalue weighted by Gasteiger charge is -2.26. The maximum absolute atomic E-state index is 4.27. The summed E-state index contributed by atoms with van der Waals surface area (Å²) in [6, 6.07) is 0. The maximum atomic E-state index is 4.27. The Hall–Kier alpha value is -0.830. The Morgan fingerprint density at radius 3 is 2.83 bits per heavy atom. The van der Waals surface area contributed by atoms with Crippen LogP contribution in [0, 0.1) is 11.8 Å². The molecule has 1 aromatic rings. The van der Waals surface area contributed by atoms with E-state index in [1.165, 1.54) is 37.8 Å². The monoisotopic (exact) mass is 249 g/mol. The van der Waals surface area contributed by atoms with Gasteiger partial charge in [-0.25, -0.2) is 4.98 Å². The summed E-state index contributed by atoms with van der Waals surface area (Å²) in [7, 11) is 0. The molecule has 0 saturated heterocycles. The van der Waals surface area contributed by atoms with Gasteiger partial charge in [-0.2, -0.15) is 0 Å². The second-order valence-electron chi connectivity index (χ2n) is 5.77. The first kappa shape index (κ1) is 13.6. The average Bonchev–Trinajstić information content (AvgIpc) is 2.83. The predicted octanol–water partition coefficient (Wildman–Crippen LogP) is 3.21. The number of rotatable bonds is 6. The molecule has 0 amide bonds. The third kappa shape index (κ3) is 3.84. The molecule has 2 rings (SSSR count). The van der Waals surface area contributed by atoms with Gasteiger partial charge in [0.25, 0.3) is 0 Å². The van der Waals surface area contributed by atoms with Crippen LogP contribution in [0.25, 0.3) is 0 Å². The number of hydrogen-bond acceptors (Lipinski definition) is 2. The molecular weight excluding hydrogens is 222 g/mol. The fraction of sp³-hybridized carbons (Fsp3) is 0.800. The van der Waals surface area contributed by atoms with Gasteiger partial charge in [0.05, 0.1) is 12.0 Å². The minimum Gasteiger partial charge on any atom is -0.333 e. The highest BCUT2D eigenvalue weighted by Crippen LogP contribution is 2.30. The van der Waals surface area contributed by atoms with Gasteiger partial charge in [-0.15, -0.1) is 0 Å². The van der Waals surface area contributed by atoms with E-state index in [1.54, 1.807) is 0 Å². The maximum Gasteiger partial charge on any atom is 0.0948 e. The van der Waals surface area contributed by atoms with Gasteiger partial charge in [-0.3, -0.25) is 0 Å². The third-order valence-corrected chi connectivity index (χ3v) is 4.27. The number of imidazole rings is 1. The van der Waals surface area contributed by atoms with Gasteiger partial charge in [-0.05, 0) is 24.8 Å². The lowest BCUT2D eigenvalue weighted by atomic mass is 9.81. The van der Waals surface area contributed by atoms with Crippen molar-refractivity contribution in [2.75, 3.05) is 6.54 Å². The lowest BCUT2D eigenvalue weighted by molar-refractivity contribution is 0.268. The fourth-order valence-electron chi connectivity index (χ4n) is 2.89. The molecule has 1 N–H and O–H groups in total. The van der Waals surface area contributed by atoms with Crippen molar-refractivity contribution in [3.63, 3.8) is 0 Å². The highest BCUT2D eigenvalue weighted by molar-refractivity contribution is 4.97. The van der Waals surface area contributed by atoms with Crippen molar-refractivity contribution >= 4 is 0 Å². The van der Waals surface area contributed by atoms with Crippen molar-refractivity contribution in [3.8, 4) is 0 Å². The summed E-state index contributed by atoms with van der Waals surface area (Å²) in [5, 5.41) is 3.37. The molecule has 1 heterocycles. The van der Waals surface area contributed by atoms with Crippen LogP contribution < -0.4 is 5.32 Å². The van der Waals surface area contributed by atoms with E-state index in [9.17, 15) is 0 Å². The lowest BCUT2D eigenvalue weighted by Crippen LogP contribution is -2.17. The zero-order chi connectivity index (χ0) is 12.8. The van der Waals surface area contributed by atoms with Gasteiger partial charge in [0.2, 0.25) is 0 Å². The Balaban J connectivity index is 1.77. The number of hydrogen-bond donors (Lipinski definition) is 1. The number of nitrogens with one attached hydrogen (secondary N) is 1. The molecule has 0 spiro atoms. The summed E-state index contributed by atoms with van der Waals surface area (Å²) in [5.41, 5.74) is 1.32. The van der Waals surface area contributed by atoms with Gasteiger partial charge in [0, 0.05) is 19.3 Å². The summed E-state index contributed by atoms with van der Waals surface area (Å²) in [6.07, 6.45) is 11.0. The quantitative estimate of drug-likeness (QED) is 0.839. The Morgan fingerprint density at radius 1 is 1.33 bits per heavy atom. The zero-order valence-electron chi connectivity index (χ0n) is 11.9. The highest BCUT2D eigenvalue weighted by atomic mass is 15.1. The van der Waals surface area contributed by atoms with Crippen molar-refractivity contribution < 1.29 is 0 Å². The van der Waals surface area contributed by atoms with Gasteiger partial charge < -0.3 is 9.88 Å². The molecule has 1 aliphatic rings. The Morgan fingerprint density at radius 2 is 2.11 bits per heavy atom. The molecule has 0 unspecified atom stereocenters. The molecule has 1 aliphatic carbocycles. The second kappa shape index (κ2) is 6.93. The molecule has 0 bridgehead atoms. The Bertz CT molecular complexity index is 337. The van der Waals surface area contributed by atoms with Crippen LogP contribution in [0.4, 0.5) is 0 Å². The molecule has 3 heteroatoms. The standard InChI is InChI=1S/C15H27N3/c1-3-16-10-15-11-17-12-18(15)9-8-14-6-4-13(2)5-7-14/h11-14,16H,3-10H2,1-2H3. The molecule has 1 fully saturated rings. The number of aryl methyl sites for hydroxylation is 1. The van der Waals surface area contributed by atoms with Crippen molar-refractivity contribution in [3.05, 3.63) is 18.2 Å². The van der Waals surface area contributed by atoms with Crippen molar-refractivity contribution in [1.29, 1.82) is 0 Å². The molecular formula is C15H27N3. The van der Waals surface area contributed by atoms with E-state index in [2.05, 4.69) is 28.7 Å². The van der Waals surface area contributed by atoms with Crippen molar-refractivity contribution in [2.45, 2.75) is 59.0 Å². The summed E-state index contributed by atoms with van der Waals surface area (Å²) < 4.78 is 2.32. The topological polar surface area (TPSA) is 29.9 Å². The largest absolute Gasteiger partial charge is 0.333 e. The first-order chi connectivity index (χ1) is 8.79. The van der Waals surface area contributed by atoms with E-state index in [4.69, 9.17) is 0 Å². The van der Waals surface area contributed by atoms with E-state index in [0.29, 0.717) is 0 Å². The molecule has 0 atom stereocenters. The molecule has 0 radical (unpaired) electrons. The van der Waals surface area contributed by atoms with E-state index in [-0.39, 0.29) is 0 Å². The SMILES string of the molecule is CCNCc1cncn1CCC1CCC(C)CC1. The predicted molar refractivity (Wildman–Crippen MR) is 75.3 cm³/mol. The van der Waals surface area contributed by atoms with Crippen LogP contribution >= 0.6 is 0 Å². The summed E-state index contributed by atoms with van der Waals surface area (Å²) in [6.45, 7) is 7.63. The van der Waals surface area contributed by atoms with Crippen LogP contribution in [0.2, 0.25) is 0 Å². The summed E-state index contributed by atoms with van der Waals surface area (Å²) in [4.78, 5) is 4.27. The minimum absolute atomic E-state index is 0.940. The van der Waals surface area contributed by atoms with E-state index in [1.807, 2.05) is 12.5 Å². The smallest absolute Gasteiger partial charge is 0.0948 e. The van der Waals surface area contributed by atoms with Crippen LogP contribution in [-0.2, 0) is 13.1 Å².